The third kappa shape index (κ3) is 8.39. The van der Waals surface area contributed by atoms with Crippen LogP contribution >= 0.6 is 75.1 Å². The molecule has 0 atom stereocenters. The second-order valence-electron chi connectivity index (χ2n) is 9.36. The summed E-state index contributed by atoms with van der Waals surface area (Å²) in [5.74, 6) is 2.01. The molecule has 40 heavy (non-hydrogen) atoms. The summed E-state index contributed by atoms with van der Waals surface area (Å²) >= 11 is 31.7. The van der Waals surface area contributed by atoms with Crippen molar-refractivity contribution in [2.75, 3.05) is 0 Å². The van der Waals surface area contributed by atoms with Crippen LogP contribution in [0.3, 0.4) is 0 Å². The SMILES string of the molecule is CCc1c(-c2c(Cl)cccc2Cl)noc1C(C)(C)Br.CCc1c(-c2c(Cl)cccc2Cl)noc1C(C)C.[B]=NS. The summed E-state index contributed by atoms with van der Waals surface area (Å²) in [4.78, 5) is 0. The molecule has 1 radical (unpaired) electrons. The number of hydrogen-bond acceptors (Lipinski definition) is 6. The first kappa shape index (κ1) is 34.9. The zero-order valence-electron chi connectivity index (χ0n) is 23.0. The van der Waals surface area contributed by atoms with Crippen LogP contribution < -0.4 is 0 Å². The van der Waals surface area contributed by atoms with E-state index in [1.54, 1.807) is 12.1 Å². The van der Waals surface area contributed by atoms with Gasteiger partial charge in [-0.2, -0.15) is 0 Å². The van der Waals surface area contributed by atoms with Crippen molar-refractivity contribution in [2.45, 2.75) is 64.6 Å². The van der Waals surface area contributed by atoms with Crippen molar-refractivity contribution in [2.24, 2.45) is 4.30 Å². The van der Waals surface area contributed by atoms with Crippen LogP contribution in [0.2, 0.25) is 20.1 Å². The summed E-state index contributed by atoms with van der Waals surface area (Å²) in [5.41, 5.74) is 5.08. The summed E-state index contributed by atoms with van der Waals surface area (Å²) in [5, 5.41) is 10.7. The van der Waals surface area contributed by atoms with E-state index in [4.69, 9.17) is 55.4 Å². The van der Waals surface area contributed by atoms with E-state index in [2.05, 4.69) is 78.7 Å². The molecule has 0 spiro atoms. The summed E-state index contributed by atoms with van der Waals surface area (Å²) in [6.07, 6.45) is 1.64. The zero-order valence-corrected chi connectivity index (χ0v) is 28.5. The van der Waals surface area contributed by atoms with Gasteiger partial charge in [0.05, 0.1) is 24.4 Å². The molecule has 0 unspecified atom stereocenters. The number of rotatable bonds is 6. The molecular formula is C28H30BBrCl4N3O2S. The van der Waals surface area contributed by atoms with Crippen LogP contribution in [0.4, 0.5) is 0 Å². The molecule has 213 valence electrons. The monoisotopic (exact) mass is 702 g/mol. The zero-order chi connectivity index (χ0) is 30.2. The Balaban J connectivity index is 0.000000256. The average Bonchev–Trinajstić information content (AvgIpc) is 3.49. The fourth-order valence-electron chi connectivity index (χ4n) is 4.06. The number of alkyl halides is 1. The number of halogens is 5. The van der Waals surface area contributed by atoms with Crippen LogP contribution in [-0.2, 0) is 17.2 Å². The van der Waals surface area contributed by atoms with Crippen molar-refractivity contribution >= 4 is 82.8 Å². The van der Waals surface area contributed by atoms with E-state index in [1.165, 1.54) is 0 Å². The van der Waals surface area contributed by atoms with E-state index in [1.807, 2.05) is 38.1 Å². The molecule has 12 heteroatoms. The minimum absolute atomic E-state index is 0.280. The van der Waals surface area contributed by atoms with Gasteiger partial charge >= 0.3 is 24.8 Å². The molecule has 2 heterocycles. The third-order valence-corrected chi connectivity index (χ3v) is 7.40. The second kappa shape index (κ2) is 15.8. The molecule has 0 saturated carbocycles. The molecule has 2 aromatic heterocycles. The first-order valence-electron chi connectivity index (χ1n) is 12.4. The predicted octanol–water partition coefficient (Wildman–Crippen LogP) is 11.4. The Labute approximate surface area is 271 Å². The van der Waals surface area contributed by atoms with Crippen LogP contribution in [0.25, 0.3) is 22.5 Å². The van der Waals surface area contributed by atoms with Gasteiger partial charge in [-0.05, 0) is 51.0 Å². The topological polar surface area (TPSA) is 64.4 Å². The van der Waals surface area contributed by atoms with Crippen molar-refractivity contribution in [3.05, 3.63) is 79.1 Å². The maximum absolute atomic E-state index is 6.24. The fraction of sp³-hybridized carbons (Fsp3) is 0.357. The summed E-state index contributed by atoms with van der Waals surface area (Å²) in [7, 11) is 4.34. The minimum atomic E-state index is -0.280. The average molecular weight is 705 g/mol. The molecule has 0 bridgehead atoms. The fourth-order valence-corrected chi connectivity index (χ4v) is 5.53. The number of aromatic nitrogens is 2. The van der Waals surface area contributed by atoms with E-state index < -0.39 is 0 Å². The summed E-state index contributed by atoms with van der Waals surface area (Å²) < 4.78 is 13.4. The van der Waals surface area contributed by atoms with Crippen molar-refractivity contribution in [1.29, 1.82) is 0 Å². The van der Waals surface area contributed by atoms with Gasteiger partial charge in [-0.25, -0.2) is 0 Å². The number of hydrogen-bond donors (Lipinski definition) is 1. The van der Waals surface area contributed by atoms with Gasteiger partial charge < -0.3 is 9.05 Å². The molecule has 0 aliphatic carbocycles. The Morgan fingerprint density at radius 3 is 1.57 bits per heavy atom. The van der Waals surface area contributed by atoms with Crippen LogP contribution in [0, 0.1) is 0 Å². The Kier molecular flexibility index (Phi) is 13.8. The van der Waals surface area contributed by atoms with Crippen molar-refractivity contribution in [3.8, 4) is 22.5 Å². The van der Waals surface area contributed by atoms with Gasteiger partial charge in [-0.3, -0.25) is 0 Å². The molecule has 4 aromatic rings. The third-order valence-electron chi connectivity index (χ3n) is 5.78. The van der Waals surface area contributed by atoms with Crippen LogP contribution in [-0.4, -0.2) is 18.0 Å². The van der Waals surface area contributed by atoms with Crippen LogP contribution in [0.15, 0.2) is 49.7 Å². The molecule has 0 N–H and O–H groups in total. The Bertz CT molecular complexity index is 1400. The van der Waals surface area contributed by atoms with Crippen LogP contribution in [0.1, 0.15) is 70.1 Å². The number of benzene rings is 2. The van der Waals surface area contributed by atoms with E-state index in [0.29, 0.717) is 26.0 Å². The van der Waals surface area contributed by atoms with Crippen LogP contribution in [0.5, 0.6) is 0 Å². The molecule has 0 aliphatic rings. The van der Waals surface area contributed by atoms with Crippen molar-refractivity contribution in [3.63, 3.8) is 0 Å². The maximum atomic E-state index is 6.24. The first-order valence-corrected chi connectivity index (χ1v) is 15.1. The van der Waals surface area contributed by atoms with Gasteiger partial charge in [0.25, 0.3) is 0 Å². The quantitative estimate of drug-likeness (QED) is 0.123. The molecular weight excluding hydrogens is 675 g/mol. The van der Waals surface area contributed by atoms with Gasteiger partial charge in [-0.15, -0.1) is 0 Å². The van der Waals surface area contributed by atoms with Gasteiger partial charge in [0.15, 0.2) is 5.76 Å². The van der Waals surface area contributed by atoms with Crippen molar-refractivity contribution < 1.29 is 9.05 Å². The number of nitrogens with zero attached hydrogens (tertiary/aromatic N) is 3. The molecule has 0 aliphatic heterocycles. The molecule has 2 aromatic carbocycles. The summed E-state index contributed by atoms with van der Waals surface area (Å²) in [6.45, 7) is 12.3. The van der Waals surface area contributed by atoms with E-state index in [-0.39, 0.29) is 4.32 Å². The number of thiol groups is 1. The second-order valence-corrected chi connectivity index (χ2v) is 13.2. The molecule has 0 amide bonds. The molecule has 0 saturated heterocycles. The summed E-state index contributed by atoms with van der Waals surface area (Å²) in [6, 6.07) is 10.9. The van der Waals surface area contributed by atoms with Gasteiger partial charge in [0.2, 0.25) is 0 Å². The Morgan fingerprint density at radius 1 is 0.850 bits per heavy atom. The Hall–Kier alpha value is -1.29. The molecule has 4 rings (SSSR count). The van der Waals surface area contributed by atoms with E-state index in [0.717, 1.165) is 58.0 Å². The van der Waals surface area contributed by atoms with Gasteiger partial charge in [0, 0.05) is 28.2 Å². The van der Waals surface area contributed by atoms with Gasteiger partial charge in [-0.1, -0.05) is 112 Å². The van der Waals surface area contributed by atoms with Gasteiger partial charge in [0.1, 0.15) is 17.1 Å². The predicted molar refractivity (Wildman–Crippen MR) is 176 cm³/mol. The van der Waals surface area contributed by atoms with E-state index in [9.17, 15) is 0 Å². The first-order chi connectivity index (χ1) is 18.8. The molecule has 0 fully saturated rings. The normalized spacial score (nSPS) is 11.0. The molecule has 5 nitrogen and oxygen atoms in total. The standard InChI is InChI=1S/C14H14BrCl2NO.C14H15Cl2NO.BHNS/c1-4-8-12(18-19-13(8)14(2,3)15)11-9(16)6-5-7-10(11)17;1-4-9-13(17-18-14(9)8(2)3)12-10(15)6-5-7-11(12)16;1-2-3/h5-7H,4H2,1-3H3;5-8H,4H2,1-3H3;3H. The Morgan fingerprint density at radius 2 is 1.23 bits per heavy atom. The van der Waals surface area contributed by atoms with Crippen molar-refractivity contribution in [1.82, 2.24) is 10.3 Å². The van der Waals surface area contributed by atoms with E-state index >= 15 is 0 Å².